The molecule has 0 aliphatic carbocycles. The van der Waals surface area contributed by atoms with E-state index in [-0.39, 0.29) is 0 Å². The Balaban J connectivity index is 3.35. The lowest BCUT2D eigenvalue weighted by atomic mass is 10.4. The van der Waals surface area contributed by atoms with Gasteiger partial charge in [0.2, 0.25) is 0 Å². The fraction of sp³-hybridized carbons (Fsp3) is 0.571. The number of allylic oxidation sites excluding steroid dienone is 2. The third kappa shape index (κ3) is 7.21. The quantitative estimate of drug-likeness (QED) is 0.413. The van der Waals surface area contributed by atoms with Crippen LogP contribution in [0.15, 0.2) is 17.3 Å². The Labute approximate surface area is 56.9 Å². The highest BCUT2D eigenvalue weighted by Crippen LogP contribution is 1.77. The lowest BCUT2D eigenvalue weighted by Crippen LogP contribution is -2.00. The second-order valence-electron chi connectivity index (χ2n) is 1.95. The molecule has 0 spiro atoms. The molecule has 0 aliphatic heterocycles. The molecule has 0 rings (SSSR count). The van der Waals surface area contributed by atoms with Crippen molar-refractivity contribution in [2.75, 3.05) is 14.1 Å². The van der Waals surface area contributed by atoms with Gasteiger partial charge in [0, 0.05) is 20.3 Å². The first-order valence-corrected chi connectivity index (χ1v) is 3.13. The molecule has 0 saturated heterocycles. The van der Waals surface area contributed by atoms with Crippen LogP contribution in [-0.4, -0.2) is 25.3 Å². The fourth-order valence-electron chi connectivity index (χ4n) is 0.369. The van der Waals surface area contributed by atoms with Crippen LogP contribution in [0, 0.1) is 0 Å². The molecule has 9 heavy (non-hydrogen) atoms. The maximum atomic E-state index is 3.98. The second kappa shape index (κ2) is 5.35. The first-order chi connectivity index (χ1) is 4.27. The molecule has 0 unspecified atom stereocenters. The molecule has 0 aromatic carbocycles. The van der Waals surface area contributed by atoms with Crippen molar-refractivity contribution >= 4 is 6.21 Å². The van der Waals surface area contributed by atoms with Crippen molar-refractivity contribution in [3.8, 4) is 0 Å². The molecular formula is C7H14N2. The second-order valence-corrected chi connectivity index (χ2v) is 1.95. The van der Waals surface area contributed by atoms with Crippen LogP contribution in [0.5, 0.6) is 0 Å². The van der Waals surface area contributed by atoms with Gasteiger partial charge >= 0.3 is 0 Å². The van der Waals surface area contributed by atoms with Gasteiger partial charge in [0.15, 0.2) is 0 Å². The topological polar surface area (TPSA) is 15.6 Å². The van der Waals surface area contributed by atoms with E-state index in [4.69, 9.17) is 0 Å². The predicted octanol–water partition coefficient (Wildman–Crippen LogP) is 1.50. The number of nitrogens with zero attached hydrogens (tertiary/aromatic N) is 2. The van der Waals surface area contributed by atoms with E-state index in [0.717, 1.165) is 6.42 Å². The SMILES string of the molecule is CC/C=C/C=N\N(C)C. The van der Waals surface area contributed by atoms with Gasteiger partial charge in [0.1, 0.15) is 0 Å². The predicted molar refractivity (Wildman–Crippen MR) is 41.6 cm³/mol. The van der Waals surface area contributed by atoms with Crippen LogP contribution < -0.4 is 0 Å². The highest BCUT2D eigenvalue weighted by Gasteiger charge is 1.70. The smallest absolute Gasteiger partial charge is 0.0467 e. The van der Waals surface area contributed by atoms with Crippen molar-refractivity contribution in [3.05, 3.63) is 12.2 Å². The molecule has 0 radical (unpaired) electrons. The molecule has 0 N–H and O–H groups in total. The van der Waals surface area contributed by atoms with E-state index in [9.17, 15) is 0 Å². The van der Waals surface area contributed by atoms with Gasteiger partial charge in [-0.1, -0.05) is 13.0 Å². The Hall–Kier alpha value is -0.790. The van der Waals surface area contributed by atoms with Crippen LogP contribution in [0.2, 0.25) is 0 Å². The molecule has 0 aliphatic rings. The first kappa shape index (κ1) is 8.21. The third-order valence-corrected chi connectivity index (χ3v) is 0.755. The monoisotopic (exact) mass is 126 g/mol. The number of hydrogen-bond acceptors (Lipinski definition) is 2. The lowest BCUT2D eigenvalue weighted by Gasteiger charge is -1.99. The van der Waals surface area contributed by atoms with Gasteiger partial charge in [-0.25, -0.2) is 0 Å². The molecule has 2 heteroatoms. The Morgan fingerprint density at radius 2 is 2.11 bits per heavy atom. The molecule has 0 aromatic heterocycles. The van der Waals surface area contributed by atoms with E-state index in [1.54, 1.807) is 11.2 Å². The summed E-state index contributed by atoms with van der Waals surface area (Å²) in [7, 11) is 3.80. The Bertz CT molecular complexity index is 103. The largest absolute Gasteiger partial charge is 0.303 e. The van der Waals surface area contributed by atoms with Crippen molar-refractivity contribution in [3.63, 3.8) is 0 Å². The minimum atomic E-state index is 1.07. The normalized spacial score (nSPS) is 11.4. The average molecular weight is 126 g/mol. The molecule has 0 bridgehead atoms. The summed E-state index contributed by atoms with van der Waals surface area (Å²) in [6.07, 6.45) is 6.86. The van der Waals surface area contributed by atoms with Crippen molar-refractivity contribution in [2.24, 2.45) is 5.10 Å². The van der Waals surface area contributed by atoms with E-state index in [0.29, 0.717) is 0 Å². The van der Waals surface area contributed by atoms with Crippen LogP contribution in [0.4, 0.5) is 0 Å². The number of hydrogen-bond donors (Lipinski definition) is 0. The Morgan fingerprint density at radius 3 is 2.56 bits per heavy atom. The average Bonchev–Trinajstić information content (AvgIpc) is 1.80. The minimum absolute atomic E-state index is 1.07. The van der Waals surface area contributed by atoms with Crippen LogP contribution in [0.25, 0.3) is 0 Å². The number of rotatable bonds is 3. The van der Waals surface area contributed by atoms with Crippen LogP contribution in [0.3, 0.4) is 0 Å². The number of hydrazone groups is 1. The molecule has 0 aromatic rings. The zero-order chi connectivity index (χ0) is 7.11. The van der Waals surface area contributed by atoms with Crippen molar-refractivity contribution < 1.29 is 0 Å². The minimum Gasteiger partial charge on any atom is -0.303 e. The van der Waals surface area contributed by atoms with E-state index >= 15 is 0 Å². The summed E-state index contributed by atoms with van der Waals surface area (Å²) in [5.41, 5.74) is 0. The van der Waals surface area contributed by atoms with Gasteiger partial charge in [-0.2, -0.15) is 5.10 Å². The summed E-state index contributed by atoms with van der Waals surface area (Å²) in [5, 5.41) is 5.75. The summed E-state index contributed by atoms with van der Waals surface area (Å²) in [6, 6.07) is 0. The Kier molecular flexibility index (Phi) is 4.88. The summed E-state index contributed by atoms with van der Waals surface area (Å²) in [4.78, 5) is 0. The van der Waals surface area contributed by atoms with Crippen LogP contribution in [0.1, 0.15) is 13.3 Å². The molecule has 0 amide bonds. The summed E-state index contributed by atoms with van der Waals surface area (Å²) in [5.74, 6) is 0. The fourth-order valence-corrected chi connectivity index (χ4v) is 0.369. The lowest BCUT2D eigenvalue weighted by molar-refractivity contribution is 0.440. The van der Waals surface area contributed by atoms with Crippen molar-refractivity contribution in [1.29, 1.82) is 0 Å². The molecule has 0 heterocycles. The van der Waals surface area contributed by atoms with Crippen LogP contribution >= 0.6 is 0 Å². The molecule has 52 valence electrons. The van der Waals surface area contributed by atoms with Gasteiger partial charge in [-0.3, -0.25) is 0 Å². The van der Waals surface area contributed by atoms with Crippen molar-refractivity contribution in [2.45, 2.75) is 13.3 Å². The van der Waals surface area contributed by atoms with Gasteiger partial charge in [0.05, 0.1) is 0 Å². The van der Waals surface area contributed by atoms with E-state index < -0.39 is 0 Å². The van der Waals surface area contributed by atoms with E-state index in [1.165, 1.54) is 0 Å². The standard InChI is InChI=1S/C7H14N2/c1-4-5-6-7-8-9(2)3/h5-7H,4H2,1-3H3/b6-5+,8-7-. The summed E-state index contributed by atoms with van der Waals surface area (Å²) >= 11 is 0. The van der Waals surface area contributed by atoms with E-state index in [1.807, 2.05) is 20.2 Å². The molecule has 0 atom stereocenters. The maximum Gasteiger partial charge on any atom is 0.0467 e. The molecule has 0 fully saturated rings. The zero-order valence-electron chi connectivity index (χ0n) is 6.33. The highest BCUT2D eigenvalue weighted by atomic mass is 15.4. The van der Waals surface area contributed by atoms with Gasteiger partial charge < -0.3 is 5.01 Å². The van der Waals surface area contributed by atoms with Gasteiger partial charge in [-0.05, 0) is 12.5 Å². The summed E-state index contributed by atoms with van der Waals surface area (Å²) < 4.78 is 0. The molecule has 2 nitrogen and oxygen atoms in total. The van der Waals surface area contributed by atoms with Gasteiger partial charge in [-0.15, -0.1) is 0 Å². The Morgan fingerprint density at radius 1 is 1.44 bits per heavy atom. The maximum absolute atomic E-state index is 3.98. The zero-order valence-corrected chi connectivity index (χ0v) is 6.33. The third-order valence-electron chi connectivity index (χ3n) is 0.755. The molecular weight excluding hydrogens is 112 g/mol. The highest BCUT2D eigenvalue weighted by molar-refractivity contribution is 5.70. The molecule has 0 saturated carbocycles. The van der Waals surface area contributed by atoms with E-state index in [2.05, 4.69) is 18.1 Å². The van der Waals surface area contributed by atoms with Crippen molar-refractivity contribution in [1.82, 2.24) is 5.01 Å². The van der Waals surface area contributed by atoms with Crippen LogP contribution in [-0.2, 0) is 0 Å². The summed E-state index contributed by atoms with van der Waals surface area (Å²) in [6.45, 7) is 2.10. The first-order valence-electron chi connectivity index (χ1n) is 3.13. The van der Waals surface area contributed by atoms with Gasteiger partial charge in [0.25, 0.3) is 0 Å².